The van der Waals surface area contributed by atoms with Crippen molar-refractivity contribution in [1.82, 2.24) is 0 Å². The Morgan fingerprint density at radius 3 is 2.38 bits per heavy atom. The molecule has 29 heavy (non-hydrogen) atoms. The molecule has 2 aromatic rings. The monoisotopic (exact) mass is 414 g/mol. The Bertz CT molecular complexity index is 1140. The lowest BCUT2D eigenvalue weighted by Crippen LogP contribution is -2.16. The van der Waals surface area contributed by atoms with Gasteiger partial charge in [0.05, 0.1) is 22.0 Å². The number of allylic oxidation sites excluding steroid dienone is 2. The summed E-state index contributed by atoms with van der Waals surface area (Å²) in [6, 6.07) is 8.94. The molecule has 152 valence electrons. The lowest BCUT2D eigenvalue weighted by Gasteiger charge is -2.14. The van der Waals surface area contributed by atoms with Crippen LogP contribution in [0, 0.1) is 24.0 Å². The van der Waals surface area contributed by atoms with E-state index in [1.165, 1.54) is 17.7 Å². The molecule has 0 atom stereocenters. The predicted molar refractivity (Wildman–Crippen MR) is 114 cm³/mol. The van der Waals surface area contributed by atoms with Crippen molar-refractivity contribution in [2.45, 2.75) is 38.5 Å². The van der Waals surface area contributed by atoms with Gasteiger partial charge in [-0.15, -0.1) is 0 Å². The highest BCUT2D eigenvalue weighted by Gasteiger charge is 2.23. The van der Waals surface area contributed by atoms with E-state index in [1.807, 2.05) is 26.0 Å². The smallest absolute Gasteiger partial charge is 0.270 e. The van der Waals surface area contributed by atoms with E-state index in [1.54, 1.807) is 19.1 Å². The quantitative estimate of drug-likeness (QED) is 0.533. The first-order chi connectivity index (χ1) is 13.7. The SMILES string of the molecule is CC1=CC(=NNc2ccc([N+](=O)[O-])cc2S(=O)(=O)Nc2ccc(C)cc2C)CC1. The molecule has 0 heterocycles. The Morgan fingerprint density at radius 2 is 1.76 bits per heavy atom. The number of rotatable bonds is 6. The summed E-state index contributed by atoms with van der Waals surface area (Å²) in [6.45, 7) is 5.70. The second-order valence-corrected chi connectivity index (χ2v) is 8.72. The van der Waals surface area contributed by atoms with Gasteiger partial charge in [0.1, 0.15) is 4.90 Å². The van der Waals surface area contributed by atoms with Crippen LogP contribution in [0.3, 0.4) is 0 Å². The number of sulfonamides is 1. The van der Waals surface area contributed by atoms with Crippen LogP contribution in [-0.2, 0) is 10.0 Å². The van der Waals surface area contributed by atoms with Crippen LogP contribution in [0.25, 0.3) is 0 Å². The zero-order chi connectivity index (χ0) is 21.2. The van der Waals surface area contributed by atoms with Crippen molar-refractivity contribution in [3.8, 4) is 0 Å². The van der Waals surface area contributed by atoms with Crippen molar-refractivity contribution >= 4 is 32.8 Å². The van der Waals surface area contributed by atoms with Gasteiger partial charge < -0.3 is 0 Å². The minimum Gasteiger partial charge on any atom is -0.279 e. The van der Waals surface area contributed by atoms with Crippen LogP contribution < -0.4 is 10.1 Å². The van der Waals surface area contributed by atoms with Crippen molar-refractivity contribution in [2.75, 3.05) is 10.1 Å². The summed E-state index contributed by atoms with van der Waals surface area (Å²) in [5.74, 6) is 0. The number of benzene rings is 2. The van der Waals surface area contributed by atoms with Crippen LogP contribution in [0.5, 0.6) is 0 Å². The summed E-state index contributed by atoms with van der Waals surface area (Å²) in [5, 5.41) is 15.4. The van der Waals surface area contributed by atoms with Gasteiger partial charge in [-0.1, -0.05) is 23.3 Å². The summed E-state index contributed by atoms with van der Waals surface area (Å²) < 4.78 is 28.6. The molecule has 2 N–H and O–H groups in total. The summed E-state index contributed by atoms with van der Waals surface area (Å²) in [6.07, 6.45) is 3.59. The van der Waals surface area contributed by atoms with E-state index in [0.717, 1.165) is 35.7 Å². The third-order valence-electron chi connectivity index (χ3n) is 4.60. The molecule has 0 radical (unpaired) electrons. The van der Waals surface area contributed by atoms with Gasteiger partial charge in [-0.3, -0.25) is 20.3 Å². The molecule has 0 spiro atoms. The highest BCUT2D eigenvalue weighted by Crippen LogP contribution is 2.29. The Morgan fingerprint density at radius 1 is 1.03 bits per heavy atom. The van der Waals surface area contributed by atoms with Gasteiger partial charge in [0.2, 0.25) is 0 Å². The Labute approximate surface area is 169 Å². The third-order valence-corrected chi connectivity index (χ3v) is 6.01. The van der Waals surface area contributed by atoms with E-state index in [2.05, 4.69) is 15.2 Å². The number of non-ortho nitro benzene ring substituents is 1. The number of nitrogens with zero attached hydrogens (tertiary/aromatic N) is 2. The van der Waals surface area contributed by atoms with Gasteiger partial charge in [0, 0.05) is 12.1 Å². The summed E-state index contributed by atoms with van der Waals surface area (Å²) in [5.41, 5.74) is 6.76. The fraction of sp³-hybridized carbons (Fsp3) is 0.250. The van der Waals surface area contributed by atoms with Gasteiger partial charge in [-0.2, -0.15) is 5.10 Å². The molecule has 0 aliphatic heterocycles. The van der Waals surface area contributed by atoms with Crippen molar-refractivity contribution in [2.24, 2.45) is 5.10 Å². The zero-order valence-electron chi connectivity index (χ0n) is 16.4. The molecular formula is C20H22N4O4S. The molecule has 0 aromatic heterocycles. The Balaban J connectivity index is 2.00. The second kappa shape index (κ2) is 8.04. The topological polar surface area (TPSA) is 114 Å². The molecule has 9 heteroatoms. The first-order valence-electron chi connectivity index (χ1n) is 9.04. The number of hydrogen-bond acceptors (Lipinski definition) is 6. The maximum Gasteiger partial charge on any atom is 0.270 e. The second-order valence-electron chi connectivity index (χ2n) is 7.07. The van der Waals surface area contributed by atoms with Gasteiger partial charge >= 0.3 is 0 Å². The number of anilines is 2. The number of aryl methyl sites for hydroxylation is 2. The molecule has 2 aromatic carbocycles. The number of hydrazone groups is 1. The van der Waals surface area contributed by atoms with Gasteiger partial charge in [0.25, 0.3) is 15.7 Å². The van der Waals surface area contributed by atoms with Crippen LogP contribution in [0.4, 0.5) is 17.1 Å². The maximum atomic E-state index is 13.0. The summed E-state index contributed by atoms with van der Waals surface area (Å²) in [7, 11) is -4.09. The highest BCUT2D eigenvalue weighted by atomic mass is 32.2. The fourth-order valence-corrected chi connectivity index (χ4v) is 4.35. The molecule has 0 bridgehead atoms. The van der Waals surface area contributed by atoms with Crippen molar-refractivity contribution in [1.29, 1.82) is 0 Å². The number of nitro groups is 1. The predicted octanol–water partition coefficient (Wildman–Crippen LogP) is 4.52. The molecule has 3 rings (SSSR count). The maximum absolute atomic E-state index is 13.0. The largest absolute Gasteiger partial charge is 0.279 e. The van der Waals surface area contributed by atoms with Gasteiger partial charge in [-0.25, -0.2) is 8.42 Å². The van der Waals surface area contributed by atoms with Crippen LogP contribution in [0.2, 0.25) is 0 Å². The van der Waals surface area contributed by atoms with E-state index in [9.17, 15) is 18.5 Å². The van der Waals surface area contributed by atoms with Gasteiger partial charge in [0.15, 0.2) is 0 Å². The molecule has 0 unspecified atom stereocenters. The lowest BCUT2D eigenvalue weighted by atomic mass is 10.1. The van der Waals surface area contributed by atoms with Crippen LogP contribution >= 0.6 is 0 Å². The standard InChI is InChI=1S/C20H22N4O4S/c1-13-5-8-18(15(3)10-13)23-29(27,28)20-12-17(24(25)26)7-9-19(20)22-21-16-6-4-14(2)11-16/h5,7-12,22-23H,4,6H2,1-3H3. The molecule has 1 aliphatic rings. The average molecular weight is 414 g/mol. The van der Waals surface area contributed by atoms with E-state index in [4.69, 9.17) is 0 Å². The number of hydrogen-bond donors (Lipinski definition) is 2. The lowest BCUT2D eigenvalue weighted by molar-refractivity contribution is -0.385. The molecule has 8 nitrogen and oxygen atoms in total. The van der Waals surface area contributed by atoms with Crippen molar-refractivity contribution < 1.29 is 13.3 Å². The van der Waals surface area contributed by atoms with Crippen LogP contribution in [0.15, 0.2) is 58.0 Å². The first kappa shape index (κ1) is 20.5. The minimum absolute atomic E-state index is 0.165. The van der Waals surface area contributed by atoms with Gasteiger partial charge in [-0.05, 0) is 57.4 Å². The minimum atomic E-state index is -4.09. The van der Waals surface area contributed by atoms with Crippen molar-refractivity contribution in [3.63, 3.8) is 0 Å². The third kappa shape index (κ3) is 4.80. The van der Waals surface area contributed by atoms with E-state index < -0.39 is 14.9 Å². The Hall–Kier alpha value is -3.20. The van der Waals surface area contributed by atoms with E-state index in [0.29, 0.717) is 5.69 Å². The van der Waals surface area contributed by atoms with Crippen LogP contribution in [-0.4, -0.2) is 19.1 Å². The fourth-order valence-electron chi connectivity index (χ4n) is 3.04. The summed E-state index contributed by atoms with van der Waals surface area (Å²) in [4.78, 5) is 10.3. The number of nitro benzene ring substituents is 1. The molecule has 0 saturated carbocycles. The number of nitrogens with one attached hydrogen (secondary N) is 2. The highest BCUT2D eigenvalue weighted by molar-refractivity contribution is 7.92. The summed E-state index contributed by atoms with van der Waals surface area (Å²) >= 11 is 0. The molecular weight excluding hydrogens is 392 g/mol. The molecule has 1 aliphatic carbocycles. The average Bonchev–Trinajstić information content (AvgIpc) is 3.07. The van der Waals surface area contributed by atoms with E-state index in [-0.39, 0.29) is 16.3 Å². The Kier molecular flexibility index (Phi) is 5.69. The van der Waals surface area contributed by atoms with E-state index >= 15 is 0 Å². The first-order valence-corrected chi connectivity index (χ1v) is 10.5. The molecule has 0 fully saturated rings. The zero-order valence-corrected chi connectivity index (χ0v) is 17.2. The molecule has 0 amide bonds. The van der Waals surface area contributed by atoms with Crippen LogP contribution in [0.1, 0.15) is 30.9 Å². The normalized spacial score (nSPS) is 15.3. The van der Waals surface area contributed by atoms with Crippen molar-refractivity contribution in [3.05, 3.63) is 69.3 Å². The molecule has 0 saturated heterocycles.